The van der Waals surface area contributed by atoms with E-state index in [0.717, 1.165) is 12.1 Å². The zero-order chi connectivity index (χ0) is 16.4. The topological polar surface area (TPSA) is 73.5 Å². The molecule has 0 spiro atoms. The SMILES string of the molecule is CN(Cc1nc(-c2cnc3c(c2)OCCO3)no1)CC(C)(C)C. The van der Waals surface area contributed by atoms with E-state index < -0.39 is 0 Å². The third-order valence-electron chi connectivity index (χ3n) is 3.27. The van der Waals surface area contributed by atoms with Crippen LogP contribution in [-0.4, -0.2) is 46.8 Å². The van der Waals surface area contributed by atoms with Crippen LogP contribution in [0.5, 0.6) is 11.6 Å². The third kappa shape index (κ3) is 3.98. The lowest BCUT2D eigenvalue weighted by molar-refractivity contribution is 0.164. The summed E-state index contributed by atoms with van der Waals surface area (Å²) in [4.78, 5) is 10.8. The first-order valence-electron chi connectivity index (χ1n) is 7.68. The van der Waals surface area contributed by atoms with Gasteiger partial charge in [-0.3, -0.25) is 4.90 Å². The first-order valence-corrected chi connectivity index (χ1v) is 7.68. The van der Waals surface area contributed by atoms with Crippen molar-refractivity contribution in [3.63, 3.8) is 0 Å². The summed E-state index contributed by atoms with van der Waals surface area (Å²) in [5.41, 5.74) is 0.972. The fourth-order valence-electron chi connectivity index (χ4n) is 2.59. The minimum absolute atomic E-state index is 0.220. The molecule has 0 saturated carbocycles. The van der Waals surface area contributed by atoms with Crippen molar-refractivity contribution in [2.45, 2.75) is 27.3 Å². The van der Waals surface area contributed by atoms with Crippen LogP contribution in [0.3, 0.4) is 0 Å². The number of hydrogen-bond acceptors (Lipinski definition) is 7. The molecule has 0 aromatic carbocycles. The van der Waals surface area contributed by atoms with Crippen LogP contribution in [0.2, 0.25) is 0 Å². The van der Waals surface area contributed by atoms with Gasteiger partial charge < -0.3 is 14.0 Å². The van der Waals surface area contributed by atoms with Crippen molar-refractivity contribution in [2.24, 2.45) is 5.41 Å². The standard InChI is InChI=1S/C16H22N4O3/c1-16(2,3)10-20(4)9-13-18-14(19-23-13)11-7-12-15(17-8-11)22-6-5-21-12/h7-8H,5-6,9-10H2,1-4H3. The lowest BCUT2D eigenvalue weighted by Gasteiger charge is -2.25. The summed E-state index contributed by atoms with van der Waals surface area (Å²) >= 11 is 0. The highest BCUT2D eigenvalue weighted by molar-refractivity contribution is 5.57. The van der Waals surface area contributed by atoms with Gasteiger partial charge in [0.2, 0.25) is 11.7 Å². The van der Waals surface area contributed by atoms with Crippen molar-refractivity contribution >= 4 is 0 Å². The Morgan fingerprint density at radius 3 is 2.78 bits per heavy atom. The van der Waals surface area contributed by atoms with Crippen molar-refractivity contribution in [1.82, 2.24) is 20.0 Å². The van der Waals surface area contributed by atoms with E-state index in [4.69, 9.17) is 14.0 Å². The molecule has 7 nitrogen and oxygen atoms in total. The van der Waals surface area contributed by atoms with E-state index in [1.807, 2.05) is 13.1 Å². The third-order valence-corrected chi connectivity index (χ3v) is 3.27. The van der Waals surface area contributed by atoms with E-state index in [0.29, 0.717) is 43.1 Å². The lowest BCUT2D eigenvalue weighted by atomic mass is 9.96. The second-order valence-corrected chi connectivity index (χ2v) is 6.97. The highest BCUT2D eigenvalue weighted by Crippen LogP contribution is 2.31. The van der Waals surface area contributed by atoms with Gasteiger partial charge in [0.15, 0.2) is 5.75 Å². The Morgan fingerprint density at radius 1 is 1.22 bits per heavy atom. The van der Waals surface area contributed by atoms with Crippen LogP contribution in [0, 0.1) is 5.41 Å². The van der Waals surface area contributed by atoms with E-state index in [2.05, 4.69) is 40.8 Å². The maximum atomic E-state index is 5.53. The molecule has 0 aliphatic carbocycles. The van der Waals surface area contributed by atoms with E-state index in [-0.39, 0.29) is 5.41 Å². The van der Waals surface area contributed by atoms with Gasteiger partial charge in [0.05, 0.1) is 6.54 Å². The van der Waals surface area contributed by atoms with Gasteiger partial charge in [-0.15, -0.1) is 0 Å². The molecule has 0 bridgehead atoms. The maximum absolute atomic E-state index is 5.53. The predicted octanol–water partition coefficient (Wildman–Crippen LogP) is 2.38. The summed E-state index contributed by atoms with van der Waals surface area (Å²) in [6.45, 7) is 9.19. The monoisotopic (exact) mass is 318 g/mol. The summed E-state index contributed by atoms with van der Waals surface area (Å²) in [5.74, 6) is 2.22. The van der Waals surface area contributed by atoms with Crippen LogP contribution in [0.15, 0.2) is 16.8 Å². The van der Waals surface area contributed by atoms with Crippen LogP contribution >= 0.6 is 0 Å². The summed E-state index contributed by atoms with van der Waals surface area (Å²) in [6.07, 6.45) is 1.67. The number of pyridine rings is 1. The van der Waals surface area contributed by atoms with E-state index in [9.17, 15) is 0 Å². The Kier molecular flexibility index (Phi) is 4.21. The molecule has 23 heavy (non-hydrogen) atoms. The fourth-order valence-corrected chi connectivity index (χ4v) is 2.59. The molecule has 0 saturated heterocycles. The van der Waals surface area contributed by atoms with Crippen LogP contribution in [0.25, 0.3) is 11.4 Å². The summed E-state index contributed by atoms with van der Waals surface area (Å²) in [5, 5.41) is 4.04. The van der Waals surface area contributed by atoms with Gasteiger partial charge in [-0.25, -0.2) is 4.98 Å². The Labute approximate surface area is 135 Å². The number of ether oxygens (including phenoxy) is 2. The molecule has 2 aromatic rings. The second-order valence-electron chi connectivity index (χ2n) is 6.97. The molecular weight excluding hydrogens is 296 g/mol. The zero-order valence-electron chi connectivity index (χ0n) is 14.0. The molecule has 1 aliphatic heterocycles. The van der Waals surface area contributed by atoms with Crippen molar-refractivity contribution < 1.29 is 14.0 Å². The molecule has 0 radical (unpaired) electrons. The first kappa shape index (κ1) is 15.7. The van der Waals surface area contributed by atoms with Crippen LogP contribution in [0.1, 0.15) is 26.7 Å². The quantitative estimate of drug-likeness (QED) is 0.857. The number of nitrogens with zero attached hydrogens (tertiary/aromatic N) is 4. The predicted molar refractivity (Wildman–Crippen MR) is 84.3 cm³/mol. The minimum atomic E-state index is 0.220. The lowest BCUT2D eigenvalue weighted by Crippen LogP contribution is -2.28. The molecule has 0 atom stereocenters. The zero-order valence-corrected chi connectivity index (χ0v) is 14.0. The molecule has 0 unspecified atom stereocenters. The molecule has 7 heteroatoms. The van der Waals surface area contributed by atoms with E-state index >= 15 is 0 Å². The number of hydrogen-bond donors (Lipinski definition) is 0. The van der Waals surface area contributed by atoms with Gasteiger partial charge in [-0.2, -0.15) is 4.98 Å². The van der Waals surface area contributed by atoms with Crippen LogP contribution in [-0.2, 0) is 6.54 Å². The Balaban J connectivity index is 1.72. The number of aromatic nitrogens is 3. The number of fused-ring (bicyclic) bond motifs is 1. The van der Waals surface area contributed by atoms with Gasteiger partial charge in [0, 0.05) is 18.3 Å². The van der Waals surface area contributed by atoms with Gasteiger partial charge in [0.1, 0.15) is 13.2 Å². The summed E-state index contributed by atoms with van der Waals surface area (Å²) < 4.78 is 16.3. The smallest absolute Gasteiger partial charge is 0.257 e. The van der Waals surface area contributed by atoms with Crippen molar-refractivity contribution in [3.8, 4) is 23.0 Å². The van der Waals surface area contributed by atoms with Crippen molar-refractivity contribution in [1.29, 1.82) is 0 Å². The highest BCUT2D eigenvalue weighted by atomic mass is 16.6. The Hall–Kier alpha value is -2.15. The molecule has 0 N–H and O–H groups in total. The van der Waals surface area contributed by atoms with Crippen LogP contribution in [0.4, 0.5) is 0 Å². The largest absolute Gasteiger partial charge is 0.484 e. The Morgan fingerprint density at radius 2 is 2.00 bits per heavy atom. The molecule has 0 fully saturated rings. The summed E-state index contributed by atoms with van der Waals surface area (Å²) in [6, 6.07) is 1.83. The summed E-state index contributed by atoms with van der Waals surface area (Å²) in [7, 11) is 2.04. The van der Waals surface area contributed by atoms with Crippen LogP contribution < -0.4 is 9.47 Å². The average Bonchev–Trinajstić information content (AvgIpc) is 2.93. The average molecular weight is 318 g/mol. The number of rotatable bonds is 4. The van der Waals surface area contributed by atoms with Gasteiger partial charge in [0.25, 0.3) is 5.88 Å². The molecule has 2 aromatic heterocycles. The molecule has 0 amide bonds. The molecular formula is C16H22N4O3. The normalized spacial score (nSPS) is 14.3. The van der Waals surface area contributed by atoms with Crippen molar-refractivity contribution in [2.75, 3.05) is 26.8 Å². The molecule has 1 aliphatic rings. The minimum Gasteiger partial charge on any atom is -0.484 e. The van der Waals surface area contributed by atoms with Gasteiger partial charge in [-0.1, -0.05) is 25.9 Å². The maximum Gasteiger partial charge on any atom is 0.257 e. The molecule has 3 heterocycles. The van der Waals surface area contributed by atoms with Gasteiger partial charge >= 0.3 is 0 Å². The van der Waals surface area contributed by atoms with Gasteiger partial charge in [-0.05, 0) is 18.5 Å². The fraction of sp³-hybridized carbons (Fsp3) is 0.562. The van der Waals surface area contributed by atoms with E-state index in [1.54, 1.807) is 6.20 Å². The Bertz CT molecular complexity index is 678. The first-order chi connectivity index (χ1) is 10.9. The molecule has 124 valence electrons. The highest BCUT2D eigenvalue weighted by Gasteiger charge is 2.19. The van der Waals surface area contributed by atoms with Crippen molar-refractivity contribution in [3.05, 3.63) is 18.2 Å². The second kappa shape index (κ2) is 6.16. The van der Waals surface area contributed by atoms with E-state index in [1.165, 1.54) is 0 Å². The molecule has 3 rings (SSSR count).